The summed E-state index contributed by atoms with van der Waals surface area (Å²) in [5.41, 5.74) is -0.609. The molecule has 1 rings (SSSR count). The Bertz CT molecular complexity index is 317. The van der Waals surface area contributed by atoms with Crippen molar-refractivity contribution in [1.82, 2.24) is 10.2 Å². The third kappa shape index (κ3) is 5.24. The summed E-state index contributed by atoms with van der Waals surface area (Å²) in [6.45, 7) is 9.14. The van der Waals surface area contributed by atoms with Crippen molar-refractivity contribution in [2.24, 2.45) is 0 Å². The number of carbonyl (C=O) groups is 1. The number of methoxy groups -OCH3 is 2. The molecule has 1 saturated heterocycles. The molecule has 0 bridgehead atoms. The van der Waals surface area contributed by atoms with Crippen LogP contribution < -0.4 is 5.32 Å². The summed E-state index contributed by atoms with van der Waals surface area (Å²) in [5, 5.41) is 3.36. The second kappa shape index (κ2) is 8.71. The maximum atomic E-state index is 12.1. The van der Waals surface area contributed by atoms with Gasteiger partial charge in [-0.2, -0.15) is 0 Å². The zero-order valence-electron chi connectivity index (χ0n) is 14.3. The molecular weight excluding hydrogens is 268 g/mol. The van der Waals surface area contributed by atoms with E-state index in [1.807, 2.05) is 6.92 Å². The Morgan fingerprint density at radius 1 is 1.38 bits per heavy atom. The van der Waals surface area contributed by atoms with E-state index < -0.39 is 5.54 Å². The van der Waals surface area contributed by atoms with Crippen LogP contribution >= 0.6 is 0 Å². The van der Waals surface area contributed by atoms with Crippen LogP contribution in [-0.2, 0) is 14.3 Å². The maximum Gasteiger partial charge on any atom is 0.325 e. The van der Waals surface area contributed by atoms with Crippen LogP contribution in [-0.4, -0.2) is 62.4 Å². The van der Waals surface area contributed by atoms with Gasteiger partial charge in [0.2, 0.25) is 0 Å². The molecule has 0 aromatic rings. The summed E-state index contributed by atoms with van der Waals surface area (Å²) in [5.74, 6) is -0.172. The van der Waals surface area contributed by atoms with Gasteiger partial charge < -0.3 is 19.7 Å². The first-order valence-corrected chi connectivity index (χ1v) is 8.07. The lowest BCUT2D eigenvalue weighted by Crippen LogP contribution is -2.55. The van der Waals surface area contributed by atoms with Crippen molar-refractivity contribution >= 4 is 5.97 Å². The lowest BCUT2D eigenvalue weighted by molar-refractivity contribution is -0.149. The molecule has 0 aromatic heterocycles. The molecule has 21 heavy (non-hydrogen) atoms. The van der Waals surface area contributed by atoms with Gasteiger partial charge in [-0.15, -0.1) is 0 Å². The second-order valence-corrected chi connectivity index (χ2v) is 6.27. The predicted octanol–water partition coefficient (Wildman–Crippen LogP) is 1.81. The van der Waals surface area contributed by atoms with Crippen molar-refractivity contribution < 1.29 is 14.3 Å². The van der Waals surface area contributed by atoms with Gasteiger partial charge in [0, 0.05) is 26.2 Å². The van der Waals surface area contributed by atoms with Crippen molar-refractivity contribution in [3.05, 3.63) is 0 Å². The Kier molecular flexibility index (Phi) is 7.63. The second-order valence-electron chi connectivity index (χ2n) is 6.27. The highest BCUT2D eigenvalue weighted by Gasteiger charge is 2.37. The van der Waals surface area contributed by atoms with Crippen LogP contribution in [0.1, 0.15) is 46.5 Å². The van der Waals surface area contributed by atoms with Crippen molar-refractivity contribution in [3.8, 4) is 0 Å². The van der Waals surface area contributed by atoms with E-state index in [4.69, 9.17) is 9.47 Å². The quantitative estimate of drug-likeness (QED) is 0.693. The lowest BCUT2D eigenvalue weighted by atomic mass is 9.91. The number of likely N-dealkylation sites (tertiary alicyclic amines) is 1. The van der Waals surface area contributed by atoms with Gasteiger partial charge in [-0.1, -0.05) is 6.92 Å². The van der Waals surface area contributed by atoms with E-state index in [1.165, 1.54) is 7.11 Å². The van der Waals surface area contributed by atoms with Crippen LogP contribution in [0.4, 0.5) is 0 Å². The van der Waals surface area contributed by atoms with E-state index in [0.717, 1.165) is 45.3 Å². The Labute approximate surface area is 129 Å². The highest BCUT2D eigenvalue weighted by atomic mass is 16.5. The van der Waals surface area contributed by atoms with Crippen molar-refractivity contribution in [2.45, 2.75) is 64.1 Å². The van der Waals surface area contributed by atoms with Crippen LogP contribution in [0.5, 0.6) is 0 Å². The van der Waals surface area contributed by atoms with Crippen molar-refractivity contribution in [3.63, 3.8) is 0 Å². The van der Waals surface area contributed by atoms with Gasteiger partial charge in [0.15, 0.2) is 0 Å². The summed E-state index contributed by atoms with van der Waals surface area (Å²) in [6, 6.07) is 0.344. The fraction of sp³-hybridized carbons (Fsp3) is 0.938. The molecule has 0 saturated carbocycles. The number of hydrogen-bond donors (Lipinski definition) is 1. The molecule has 124 valence electrons. The van der Waals surface area contributed by atoms with Crippen LogP contribution in [0.3, 0.4) is 0 Å². The minimum Gasteiger partial charge on any atom is -0.468 e. The predicted molar refractivity (Wildman–Crippen MR) is 84.4 cm³/mol. The molecule has 2 atom stereocenters. The van der Waals surface area contributed by atoms with Gasteiger partial charge in [-0.25, -0.2) is 0 Å². The zero-order valence-corrected chi connectivity index (χ0v) is 14.3. The van der Waals surface area contributed by atoms with Gasteiger partial charge in [0.1, 0.15) is 5.54 Å². The SMILES string of the molecule is CCCNC(C)(CC(C)N1CCC(OC)CC1)C(=O)OC. The summed E-state index contributed by atoms with van der Waals surface area (Å²) in [6.07, 6.45) is 4.28. The average molecular weight is 300 g/mol. The maximum absolute atomic E-state index is 12.1. The summed E-state index contributed by atoms with van der Waals surface area (Å²) >= 11 is 0. The third-order valence-corrected chi connectivity index (χ3v) is 4.54. The minimum atomic E-state index is -0.609. The molecule has 2 unspecified atom stereocenters. The van der Waals surface area contributed by atoms with E-state index in [9.17, 15) is 4.79 Å². The van der Waals surface area contributed by atoms with Crippen LogP contribution in [0, 0.1) is 0 Å². The highest BCUT2D eigenvalue weighted by molar-refractivity contribution is 5.80. The van der Waals surface area contributed by atoms with Crippen LogP contribution in [0.25, 0.3) is 0 Å². The molecule has 5 nitrogen and oxygen atoms in total. The molecule has 1 N–H and O–H groups in total. The first kappa shape index (κ1) is 18.4. The molecule has 5 heteroatoms. The molecule has 0 aliphatic carbocycles. The summed E-state index contributed by atoms with van der Waals surface area (Å²) < 4.78 is 10.4. The molecule has 1 aliphatic rings. The molecule has 0 amide bonds. The minimum absolute atomic E-state index is 0.172. The standard InChI is InChI=1S/C16H32N2O3/c1-6-9-17-16(3,15(19)21-5)12-13(2)18-10-7-14(20-4)8-11-18/h13-14,17H,6-12H2,1-5H3. The first-order chi connectivity index (χ1) is 9.96. The molecule has 0 radical (unpaired) electrons. The third-order valence-electron chi connectivity index (χ3n) is 4.54. The molecule has 1 heterocycles. The molecule has 0 aromatic carbocycles. The number of rotatable bonds is 8. The van der Waals surface area contributed by atoms with E-state index in [1.54, 1.807) is 7.11 Å². The fourth-order valence-corrected chi connectivity index (χ4v) is 3.13. The fourth-order valence-electron chi connectivity index (χ4n) is 3.13. The normalized spacial score (nSPS) is 21.8. The first-order valence-electron chi connectivity index (χ1n) is 8.07. The highest BCUT2D eigenvalue weighted by Crippen LogP contribution is 2.22. The van der Waals surface area contributed by atoms with E-state index in [2.05, 4.69) is 24.1 Å². The van der Waals surface area contributed by atoms with Crippen LogP contribution in [0.2, 0.25) is 0 Å². The van der Waals surface area contributed by atoms with Crippen molar-refractivity contribution in [1.29, 1.82) is 0 Å². The topological polar surface area (TPSA) is 50.8 Å². The smallest absolute Gasteiger partial charge is 0.325 e. The molecular formula is C16H32N2O3. The number of nitrogens with one attached hydrogen (secondary N) is 1. The Balaban J connectivity index is 2.59. The molecule has 1 aliphatic heterocycles. The number of piperidine rings is 1. The van der Waals surface area contributed by atoms with Gasteiger partial charge in [0.25, 0.3) is 0 Å². The number of esters is 1. The Morgan fingerprint density at radius 3 is 2.48 bits per heavy atom. The van der Waals surface area contributed by atoms with Gasteiger partial charge in [-0.3, -0.25) is 4.79 Å². The monoisotopic (exact) mass is 300 g/mol. The number of carbonyl (C=O) groups excluding carboxylic acids is 1. The van der Waals surface area contributed by atoms with Crippen molar-refractivity contribution in [2.75, 3.05) is 33.9 Å². The Hall–Kier alpha value is -0.650. The Morgan fingerprint density at radius 2 is 2.00 bits per heavy atom. The van der Waals surface area contributed by atoms with Gasteiger partial charge in [0.05, 0.1) is 13.2 Å². The van der Waals surface area contributed by atoms with E-state index in [0.29, 0.717) is 12.1 Å². The largest absolute Gasteiger partial charge is 0.468 e. The molecule has 0 spiro atoms. The summed E-state index contributed by atoms with van der Waals surface area (Å²) in [7, 11) is 3.25. The lowest BCUT2D eigenvalue weighted by Gasteiger charge is -2.39. The number of hydrogen-bond acceptors (Lipinski definition) is 5. The van der Waals surface area contributed by atoms with Crippen LogP contribution in [0.15, 0.2) is 0 Å². The van der Waals surface area contributed by atoms with E-state index >= 15 is 0 Å². The van der Waals surface area contributed by atoms with Gasteiger partial charge >= 0.3 is 5.97 Å². The number of ether oxygens (including phenoxy) is 2. The van der Waals surface area contributed by atoms with E-state index in [-0.39, 0.29) is 5.97 Å². The molecule has 1 fully saturated rings. The van der Waals surface area contributed by atoms with Gasteiger partial charge in [-0.05, 0) is 46.1 Å². The number of nitrogens with zero attached hydrogens (tertiary/aromatic N) is 1. The zero-order chi connectivity index (χ0) is 15.9. The summed E-state index contributed by atoms with van der Waals surface area (Å²) in [4.78, 5) is 14.6. The average Bonchev–Trinajstić information content (AvgIpc) is 2.52.